The Hall–Kier alpha value is -0.860. The summed E-state index contributed by atoms with van der Waals surface area (Å²) in [5.41, 5.74) is 1.62. The number of hydrogen-bond donors (Lipinski definition) is 1. The summed E-state index contributed by atoms with van der Waals surface area (Å²) in [6.07, 6.45) is 0.638. The van der Waals surface area contributed by atoms with Crippen LogP contribution in [0.2, 0.25) is 0 Å². The maximum absolute atomic E-state index is 10.5. The van der Waals surface area contributed by atoms with E-state index in [1.165, 1.54) is 5.56 Å². The van der Waals surface area contributed by atoms with Gasteiger partial charge >= 0.3 is 0 Å². The summed E-state index contributed by atoms with van der Waals surface area (Å²) in [5.74, 6) is 0.175. The monoisotopic (exact) mass is 222 g/mol. The summed E-state index contributed by atoms with van der Waals surface area (Å²) >= 11 is 0. The van der Waals surface area contributed by atoms with Crippen molar-refractivity contribution in [1.29, 1.82) is 0 Å². The van der Waals surface area contributed by atoms with Gasteiger partial charge < -0.3 is 9.84 Å². The fraction of sp³-hybridized carbons (Fsp3) is 0.571. The zero-order valence-corrected chi connectivity index (χ0v) is 10.7. The number of benzene rings is 1. The molecule has 1 rings (SSSR count). The van der Waals surface area contributed by atoms with Crippen molar-refractivity contribution in [2.45, 2.75) is 32.8 Å². The van der Waals surface area contributed by atoms with E-state index in [0.717, 1.165) is 5.56 Å². The van der Waals surface area contributed by atoms with Crippen LogP contribution in [0.15, 0.2) is 24.3 Å². The molecular weight excluding hydrogens is 200 g/mol. The molecule has 0 radical (unpaired) electrons. The number of ether oxygens (including phenoxy) is 1. The Morgan fingerprint density at radius 2 is 1.81 bits per heavy atom. The lowest BCUT2D eigenvalue weighted by Gasteiger charge is -2.31. The fourth-order valence-corrected chi connectivity index (χ4v) is 1.73. The van der Waals surface area contributed by atoms with Crippen LogP contribution in [0.4, 0.5) is 0 Å². The first-order chi connectivity index (χ1) is 7.48. The molecule has 1 unspecified atom stereocenters. The van der Waals surface area contributed by atoms with Gasteiger partial charge in [-0.05, 0) is 18.4 Å². The maximum atomic E-state index is 10.5. The van der Waals surface area contributed by atoms with Gasteiger partial charge in [0.15, 0.2) is 0 Å². The highest BCUT2D eigenvalue weighted by molar-refractivity contribution is 5.23. The van der Waals surface area contributed by atoms with E-state index in [-0.39, 0.29) is 5.92 Å². The molecular formula is C14H22O2. The Morgan fingerprint density at radius 3 is 2.25 bits per heavy atom. The van der Waals surface area contributed by atoms with Gasteiger partial charge in [0.1, 0.15) is 0 Å². The molecule has 1 N–H and O–H groups in total. The Labute approximate surface area is 98.3 Å². The summed E-state index contributed by atoms with van der Waals surface area (Å²) in [6.45, 7) is 6.48. The molecule has 0 fully saturated rings. The lowest BCUT2D eigenvalue weighted by atomic mass is 9.85. The Bertz CT molecular complexity index is 316. The third kappa shape index (κ3) is 3.32. The summed E-state index contributed by atoms with van der Waals surface area (Å²) in [6, 6.07) is 8.28. The number of methoxy groups -OCH3 is 1. The molecule has 0 aliphatic rings. The van der Waals surface area contributed by atoms with Gasteiger partial charge in [-0.2, -0.15) is 0 Å². The third-order valence-electron chi connectivity index (χ3n) is 3.10. The SMILES string of the molecule is COCC(O)(Cc1ccc(C)cc1)C(C)C. The van der Waals surface area contributed by atoms with Crippen LogP contribution >= 0.6 is 0 Å². The molecule has 2 nitrogen and oxygen atoms in total. The topological polar surface area (TPSA) is 29.5 Å². The summed E-state index contributed by atoms with van der Waals surface area (Å²) in [7, 11) is 1.63. The first-order valence-electron chi connectivity index (χ1n) is 5.75. The molecule has 2 heteroatoms. The summed E-state index contributed by atoms with van der Waals surface area (Å²) in [5, 5.41) is 10.5. The lowest BCUT2D eigenvalue weighted by Crippen LogP contribution is -2.42. The minimum absolute atomic E-state index is 0.175. The molecule has 0 aromatic heterocycles. The molecule has 0 amide bonds. The van der Waals surface area contributed by atoms with Crippen LogP contribution in [0.3, 0.4) is 0 Å². The average Bonchev–Trinajstić information content (AvgIpc) is 2.22. The van der Waals surface area contributed by atoms with Gasteiger partial charge in [0.25, 0.3) is 0 Å². The van der Waals surface area contributed by atoms with Crippen LogP contribution in [-0.4, -0.2) is 24.4 Å². The van der Waals surface area contributed by atoms with E-state index >= 15 is 0 Å². The molecule has 90 valence electrons. The highest BCUT2D eigenvalue weighted by atomic mass is 16.5. The van der Waals surface area contributed by atoms with Gasteiger partial charge in [-0.25, -0.2) is 0 Å². The molecule has 0 aliphatic carbocycles. The van der Waals surface area contributed by atoms with E-state index in [1.54, 1.807) is 7.11 Å². The van der Waals surface area contributed by atoms with Gasteiger partial charge in [0.05, 0.1) is 12.2 Å². The molecule has 0 aliphatic heterocycles. The van der Waals surface area contributed by atoms with Crippen molar-refractivity contribution in [3.05, 3.63) is 35.4 Å². The second-order valence-electron chi connectivity index (χ2n) is 4.85. The molecule has 0 saturated heterocycles. The van der Waals surface area contributed by atoms with Crippen molar-refractivity contribution in [3.63, 3.8) is 0 Å². The van der Waals surface area contributed by atoms with Gasteiger partial charge in [-0.1, -0.05) is 43.7 Å². The van der Waals surface area contributed by atoms with Crippen LogP contribution in [0.25, 0.3) is 0 Å². The Morgan fingerprint density at radius 1 is 1.25 bits per heavy atom. The second-order valence-corrected chi connectivity index (χ2v) is 4.85. The van der Waals surface area contributed by atoms with Crippen LogP contribution in [-0.2, 0) is 11.2 Å². The summed E-state index contributed by atoms with van der Waals surface area (Å²) in [4.78, 5) is 0. The normalized spacial score (nSPS) is 15.1. The fourth-order valence-electron chi connectivity index (χ4n) is 1.73. The van der Waals surface area contributed by atoms with Crippen molar-refractivity contribution >= 4 is 0 Å². The minimum Gasteiger partial charge on any atom is -0.387 e. The molecule has 0 bridgehead atoms. The van der Waals surface area contributed by atoms with E-state index in [4.69, 9.17) is 4.74 Å². The lowest BCUT2D eigenvalue weighted by molar-refractivity contribution is -0.0637. The van der Waals surface area contributed by atoms with Gasteiger partial charge in [0, 0.05) is 13.5 Å². The smallest absolute Gasteiger partial charge is 0.0942 e. The molecule has 0 spiro atoms. The van der Waals surface area contributed by atoms with Gasteiger partial charge in [-0.3, -0.25) is 0 Å². The predicted molar refractivity (Wildman–Crippen MR) is 66.5 cm³/mol. The zero-order valence-electron chi connectivity index (χ0n) is 10.7. The molecule has 0 heterocycles. The Kier molecular flexibility index (Phi) is 4.51. The van der Waals surface area contributed by atoms with E-state index < -0.39 is 5.60 Å². The van der Waals surface area contributed by atoms with E-state index in [2.05, 4.69) is 31.2 Å². The van der Waals surface area contributed by atoms with Crippen molar-refractivity contribution in [1.82, 2.24) is 0 Å². The van der Waals surface area contributed by atoms with Crippen LogP contribution in [0.5, 0.6) is 0 Å². The van der Waals surface area contributed by atoms with Gasteiger partial charge in [0.2, 0.25) is 0 Å². The predicted octanol–water partition coefficient (Wildman–Crippen LogP) is 2.57. The highest BCUT2D eigenvalue weighted by Gasteiger charge is 2.31. The standard InChI is InChI=1S/C14H22O2/c1-11(2)14(15,10-16-4)9-13-7-5-12(3)6-8-13/h5-8,11,15H,9-10H2,1-4H3. The summed E-state index contributed by atoms with van der Waals surface area (Å²) < 4.78 is 5.11. The maximum Gasteiger partial charge on any atom is 0.0942 e. The van der Waals surface area contributed by atoms with E-state index in [0.29, 0.717) is 13.0 Å². The van der Waals surface area contributed by atoms with Crippen molar-refractivity contribution in [2.75, 3.05) is 13.7 Å². The quantitative estimate of drug-likeness (QED) is 0.829. The largest absolute Gasteiger partial charge is 0.387 e. The first-order valence-corrected chi connectivity index (χ1v) is 5.75. The molecule has 0 saturated carbocycles. The van der Waals surface area contributed by atoms with Crippen LogP contribution in [0.1, 0.15) is 25.0 Å². The van der Waals surface area contributed by atoms with Gasteiger partial charge in [-0.15, -0.1) is 0 Å². The number of aryl methyl sites for hydroxylation is 1. The molecule has 1 aromatic carbocycles. The molecule has 1 atom stereocenters. The van der Waals surface area contributed by atoms with E-state index in [9.17, 15) is 5.11 Å². The number of rotatable bonds is 5. The van der Waals surface area contributed by atoms with Crippen molar-refractivity contribution in [3.8, 4) is 0 Å². The van der Waals surface area contributed by atoms with Crippen molar-refractivity contribution < 1.29 is 9.84 Å². The van der Waals surface area contributed by atoms with Crippen LogP contribution < -0.4 is 0 Å². The zero-order chi connectivity index (χ0) is 12.2. The molecule has 1 aromatic rings. The Balaban J connectivity index is 2.79. The van der Waals surface area contributed by atoms with E-state index in [1.807, 2.05) is 13.8 Å². The number of hydrogen-bond acceptors (Lipinski definition) is 2. The molecule has 16 heavy (non-hydrogen) atoms. The highest BCUT2D eigenvalue weighted by Crippen LogP contribution is 2.23. The number of aliphatic hydroxyl groups is 1. The average molecular weight is 222 g/mol. The van der Waals surface area contributed by atoms with Crippen molar-refractivity contribution in [2.24, 2.45) is 5.92 Å². The third-order valence-corrected chi connectivity index (χ3v) is 3.10. The second kappa shape index (κ2) is 5.46. The van der Waals surface area contributed by atoms with Crippen LogP contribution in [0, 0.1) is 12.8 Å². The first kappa shape index (κ1) is 13.2. The minimum atomic E-state index is -0.774.